The number of ether oxygens (including phenoxy) is 2. The summed E-state index contributed by atoms with van der Waals surface area (Å²) in [6.45, 7) is 1.29. The number of hydrogen-bond acceptors (Lipinski definition) is 4. The number of anilines is 1. The summed E-state index contributed by atoms with van der Waals surface area (Å²) in [5.41, 5.74) is 2.43. The predicted octanol–water partition coefficient (Wildman–Crippen LogP) is 2.34. The Kier molecular flexibility index (Phi) is 4.24. The van der Waals surface area contributed by atoms with E-state index in [2.05, 4.69) is 5.32 Å². The minimum atomic E-state index is -0.226. The van der Waals surface area contributed by atoms with Crippen molar-refractivity contribution in [1.82, 2.24) is 5.32 Å². The van der Waals surface area contributed by atoms with E-state index in [1.54, 1.807) is 30.1 Å². The molecule has 2 aromatic carbocycles. The fourth-order valence-electron chi connectivity index (χ4n) is 3.48. The highest BCUT2D eigenvalue weighted by Gasteiger charge is 2.29. The van der Waals surface area contributed by atoms with Crippen molar-refractivity contribution in [1.29, 1.82) is 0 Å². The van der Waals surface area contributed by atoms with Crippen molar-refractivity contribution >= 4 is 17.5 Å². The molecular weight excluding hydrogens is 332 g/mol. The van der Waals surface area contributed by atoms with E-state index in [1.807, 2.05) is 24.3 Å². The molecule has 0 fully saturated rings. The molecule has 0 saturated heterocycles. The van der Waals surface area contributed by atoms with Crippen LogP contribution in [0.1, 0.15) is 28.3 Å². The van der Waals surface area contributed by atoms with Crippen molar-refractivity contribution < 1.29 is 19.1 Å². The van der Waals surface area contributed by atoms with Crippen LogP contribution in [0.25, 0.3) is 0 Å². The number of nitrogens with one attached hydrogen (secondary N) is 1. The zero-order valence-corrected chi connectivity index (χ0v) is 14.5. The molecule has 0 radical (unpaired) electrons. The van der Waals surface area contributed by atoms with Crippen molar-refractivity contribution in [2.45, 2.75) is 12.3 Å². The zero-order chi connectivity index (χ0) is 18.1. The van der Waals surface area contributed by atoms with Crippen LogP contribution in [0.15, 0.2) is 42.5 Å². The number of fused-ring (bicyclic) bond motifs is 2. The van der Waals surface area contributed by atoms with Crippen molar-refractivity contribution in [2.75, 3.05) is 31.7 Å². The Morgan fingerprint density at radius 3 is 2.85 bits per heavy atom. The lowest BCUT2D eigenvalue weighted by Crippen LogP contribution is -2.37. The third-order valence-electron chi connectivity index (χ3n) is 4.85. The summed E-state index contributed by atoms with van der Waals surface area (Å²) < 4.78 is 11.1. The summed E-state index contributed by atoms with van der Waals surface area (Å²) in [7, 11) is 1.78. The Morgan fingerprint density at radius 1 is 1.15 bits per heavy atom. The maximum atomic E-state index is 12.7. The van der Waals surface area contributed by atoms with Crippen LogP contribution in [0.5, 0.6) is 11.5 Å². The molecule has 2 amide bonds. The van der Waals surface area contributed by atoms with Crippen molar-refractivity contribution in [3.05, 3.63) is 53.6 Å². The lowest BCUT2D eigenvalue weighted by molar-refractivity contribution is -0.119. The summed E-state index contributed by atoms with van der Waals surface area (Å²) in [5, 5.41) is 2.95. The molecule has 0 aliphatic carbocycles. The van der Waals surface area contributed by atoms with Gasteiger partial charge in [-0.25, -0.2) is 0 Å². The Hall–Kier alpha value is -3.02. The van der Waals surface area contributed by atoms with Crippen LogP contribution < -0.4 is 19.7 Å². The minimum absolute atomic E-state index is 0.0458. The highest BCUT2D eigenvalue weighted by Crippen LogP contribution is 2.36. The lowest BCUT2D eigenvalue weighted by Gasteiger charge is -2.31. The molecule has 0 unspecified atom stereocenters. The average molecular weight is 352 g/mol. The van der Waals surface area contributed by atoms with Gasteiger partial charge in [0.2, 0.25) is 5.91 Å². The van der Waals surface area contributed by atoms with E-state index < -0.39 is 0 Å². The number of amides is 2. The molecule has 2 aliphatic heterocycles. The minimum Gasteiger partial charge on any atom is -0.486 e. The SMILES string of the molecule is CN1C(=O)C[C@@H](CNC(=O)c2cccc3c2OCCO3)c2ccccc21. The lowest BCUT2D eigenvalue weighted by atomic mass is 9.89. The third kappa shape index (κ3) is 2.87. The second kappa shape index (κ2) is 6.71. The highest BCUT2D eigenvalue weighted by atomic mass is 16.6. The maximum absolute atomic E-state index is 12.7. The van der Waals surface area contributed by atoms with Crippen LogP contribution in [0, 0.1) is 0 Å². The molecule has 0 bridgehead atoms. The number of rotatable bonds is 3. The van der Waals surface area contributed by atoms with Gasteiger partial charge in [-0.3, -0.25) is 9.59 Å². The number of benzene rings is 2. The van der Waals surface area contributed by atoms with Crippen LogP contribution >= 0.6 is 0 Å². The number of nitrogens with zero attached hydrogens (tertiary/aromatic N) is 1. The van der Waals surface area contributed by atoms with Crippen molar-refractivity contribution in [3.63, 3.8) is 0 Å². The largest absolute Gasteiger partial charge is 0.486 e. The molecule has 6 heteroatoms. The van der Waals surface area contributed by atoms with Gasteiger partial charge in [0.25, 0.3) is 5.91 Å². The Labute approximate surface area is 151 Å². The Balaban J connectivity index is 1.52. The van der Waals surface area contributed by atoms with Gasteiger partial charge in [-0.2, -0.15) is 0 Å². The predicted molar refractivity (Wildman–Crippen MR) is 97.0 cm³/mol. The molecule has 0 aromatic heterocycles. The van der Waals surface area contributed by atoms with Gasteiger partial charge in [0.1, 0.15) is 13.2 Å². The van der Waals surface area contributed by atoms with Gasteiger partial charge < -0.3 is 19.7 Å². The molecule has 26 heavy (non-hydrogen) atoms. The third-order valence-corrected chi connectivity index (χ3v) is 4.85. The fourth-order valence-corrected chi connectivity index (χ4v) is 3.48. The number of hydrogen-bond donors (Lipinski definition) is 1. The molecule has 1 N–H and O–H groups in total. The summed E-state index contributed by atoms with van der Waals surface area (Å²) in [6, 6.07) is 13.1. The van der Waals surface area contributed by atoms with Gasteiger partial charge in [-0.05, 0) is 23.8 Å². The first kappa shape index (κ1) is 16.4. The molecular formula is C20H20N2O4. The van der Waals surface area contributed by atoms with Crippen molar-refractivity contribution in [2.24, 2.45) is 0 Å². The van der Waals surface area contributed by atoms with Gasteiger partial charge in [0, 0.05) is 31.6 Å². The number of carbonyl (C=O) groups excluding carboxylic acids is 2. The van der Waals surface area contributed by atoms with Gasteiger partial charge in [0.15, 0.2) is 11.5 Å². The van der Waals surface area contributed by atoms with E-state index in [4.69, 9.17) is 9.47 Å². The standard InChI is InChI=1S/C20H20N2O4/c1-22-16-7-3-2-5-14(16)13(11-18(22)23)12-21-20(24)15-6-4-8-17-19(15)26-10-9-25-17/h2-8,13H,9-12H2,1H3,(H,21,24)/t13-/m0/s1. The fraction of sp³-hybridized carbons (Fsp3) is 0.300. The quantitative estimate of drug-likeness (QED) is 0.921. The van der Waals surface area contributed by atoms with Crippen molar-refractivity contribution in [3.8, 4) is 11.5 Å². The van der Waals surface area contributed by atoms with Gasteiger partial charge in [-0.15, -0.1) is 0 Å². The Bertz CT molecular complexity index is 865. The van der Waals surface area contributed by atoms with Crippen LogP contribution in [-0.4, -0.2) is 38.6 Å². The molecule has 1 atom stereocenters. The van der Waals surface area contributed by atoms with Crippen LogP contribution in [-0.2, 0) is 4.79 Å². The topological polar surface area (TPSA) is 67.9 Å². The Morgan fingerprint density at radius 2 is 1.96 bits per heavy atom. The maximum Gasteiger partial charge on any atom is 0.255 e. The number of carbonyl (C=O) groups is 2. The van der Waals surface area contributed by atoms with Gasteiger partial charge in [-0.1, -0.05) is 24.3 Å². The zero-order valence-electron chi connectivity index (χ0n) is 14.5. The molecule has 134 valence electrons. The van der Waals surface area contributed by atoms with Gasteiger partial charge in [0.05, 0.1) is 5.56 Å². The summed E-state index contributed by atoms with van der Waals surface area (Å²) in [6.07, 6.45) is 0.375. The summed E-state index contributed by atoms with van der Waals surface area (Å²) >= 11 is 0. The smallest absolute Gasteiger partial charge is 0.255 e. The normalized spacial score (nSPS) is 18.3. The molecule has 4 rings (SSSR count). The van der Waals surface area contributed by atoms with Crippen LogP contribution in [0.2, 0.25) is 0 Å². The monoisotopic (exact) mass is 352 g/mol. The van der Waals surface area contributed by atoms with E-state index in [0.717, 1.165) is 11.3 Å². The second-order valence-corrected chi connectivity index (χ2v) is 6.45. The first-order valence-electron chi connectivity index (χ1n) is 8.67. The van der Waals surface area contributed by atoms with E-state index in [0.29, 0.717) is 43.2 Å². The molecule has 0 saturated carbocycles. The van der Waals surface area contributed by atoms with Gasteiger partial charge >= 0.3 is 0 Å². The molecule has 2 aromatic rings. The van der Waals surface area contributed by atoms with E-state index >= 15 is 0 Å². The van der Waals surface area contributed by atoms with Crippen LogP contribution in [0.3, 0.4) is 0 Å². The first-order chi connectivity index (χ1) is 12.6. The highest BCUT2D eigenvalue weighted by molar-refractivity contribution is 5.99. The summed E-state index contributed by atoms with van der Waals surface area (Å²) in [4.78, 5) is 26.6. The molecule has 2 aliphatic rings. The second-order valence-electron chi connectivity index (χ2n) is 6.45. The summed E-state index contributed by atoms with van der Waals surface area (Å²) in [5.74, 6) is 0.850. The van der Waals surface area contributed by atoms with E-state index in [1.165, 1.54) is 0 Å². The van der Waals surface area contributed by atoms with E-state index in [9.17, 15) is 9.59 Å². The molecule has 0 spiro atoms. The number of para-hydroxylation sites is 2. The molecule has 6 nitrogen and oxygen atoms in total. The first-order valence-corrected chi connectivity index (χ1v) is 8.67. The van der Waals surface area contributed by atoms with E-state index in [-0.39, 0.29) is 17.7 Å². The van der Waals surface area contributed by atoms with Crippen LogP contribution in [0.4, 0.5) is 5.69 Å². The molecule has 2 heterocycles. The average Bonchev–Trinajstić information content (AvgIpc) is 2.69.